The number of hydrogen-bond acceptors (Lipinski definition) is 9. The van der Waals surface area contributed by atoms with E-state index in [9.17, 15) is 9.18 Å². The smallest absolute Gasteiger partial charge is 0.230 e. The van der Waals surface area contributed by atoms with E-state index in [1.807, 2.05) is 18.2 Å². The van der Waals surface area contributed by atoms with E-state index in [4.69, 9.17) is 15.7 Å². The number of nitrogens with zero attached hydrogens (tertiary/aromatic N) is 3. The van der Waals surface area contributed by atoms with Crippen molar-refractivity contribution in [2.45, 2.75) is 19.8 Å². The molecule has 3 rings (SSSR count). The second-order valence-electron chi connectivity index (χ2n) is 8.25. The van der Waals surface area contributed by atoms with E-state index >= 15 is 0 Å². The highest BCUT2D eigenvalue weighted by molar-refractivity contribution is 5.92. The predicted molar refractivity (Wildman–Crippen MR) is 142 cm³/mol. The van der Waals surface area contributed by atoms with Crippen LogP contribution in [0.4, 0.5) is 15.9 Å². The van der Waals surface area contributed by atoms with Crippen LogP contribution in [-0.4, -0.2) is 65.3 Å². The molecule has 6 N–H and O–H groups in total. The molecule has 1 aromatic heterocycles. The molecule has 0 bridgehead atoms. The normalized spacial score (nSPS) is 11.5. The average molecular weight is 512 g/mol. The number of fused-ring (bicyclic) bond motifs is 1. The summed E-state index contributed by atoms with van der Waals surface area (Å²) in [5.74, 6) is 6.18. The summed E-state index contributed by atoms with van der Waals surface area (Å²) >= 11 is 0. The van der Waals surface area contributed by atoms with Crippen LogP contribution in [0.2, 0.25) is 0 Å². The van der Waals surface area contributed by atoms with Crippen molar-refractivity contribution in [3.05, 3.63) is 66.4 Å². The lowest BCUT2D eigenvalue weighted by atomic mass is 10.2. The highest BCUT2D eigenvalue weighted by Gasteiger charge is 2.08. The Hall–Kier alpha value is -3.80. The number of nitrogens with one attached hydrogen (secondary N) is 3. The van der Waals surface area contributed by atoms with Crippen molar-refractivity contribution in [3.8, 4) is 5.75 Å². The average Bonchev–Trinajstić information content (AvgIpc) is 2.89. The molecule has 0 fully saturated rings. The lowest BCUT2D eigenvalue weighted by Crippen LogP contribution is -2.28. The van der Waals surface area contributed by atoms with E-state index in [0.717, 1.165) is 36.2 Å². The first-order valence-corrected chi connectivity index (χ1v) is 12.2. The van der Waals surface area contributed by atoms with Crippen molar-refractivity contribution < 1.29 is 19.0 Å². The van der Waals surface area contributed by atoms with Gasteiger partial charge in [0.2, 0.25) is 5.91 Å². The number of ether oxygens (including phenoxy) is 1. The molecule has 0 aliphatic carbocycles. The Kier molecular flexibility index (Phi) is 11.0. The molecule has 10 nitrogen and oxygen atoms in total. The van der Waals surface area contributed by atoms with Crippen LogP contribution in [0.1, 0.15) is 19.8 Å². The van der Waals surface area contributed by atoms with Crippen LogP contribution in [-0.2, 0) is 4.79 Å². The van der Waals surface area contributed by atoms with Crippen molar-refractivity contribution in [2.24, 2.45) is 5.84 Å². The Bertz CT molecular complexity index is 1190. The number of aliphatic hydroxyl groups is 1. The summed E-state index contributed by atoms with van der Waals surface area (Å²) in [5, 5.41) is 15.8. The maximum atomic E-state index is 13.3. The molecule has 1 heterocycles. The Balaban J connectivity index is 1.53. The summed E-state index contributed by atoms with van der Waals surface area (Å²) in [5.41, 5.74) is 4.13. The summed E-state index contributed by atoms with van der Waals surface area (Å²) in [7, 11) is 0. The Labute approximate surface area is 215 Å². The second-order valence-corrected chi connectivity index (χ2v) is 8.25. The zero-order valence-electron chi connectivity index (χ0n) is 20.9. The van der Waals surface area contributed by atoms with Crippen molar-refractivity contribution in [1.29, 1.82) is 0 Å². The minimum Gasteiger partial charge on any atom is -0.493 e. The van der Waals surface area contributed by atoms with Crippen molar-refractivity contribution in [1.82, 2.24) is 20.3 Å². The Morgan fingerprint density at radius 2 is 2.08 bits per heavy atom. The monoisotopic (exact) mass is 511 g/mol. The molecule has 0 saturated heterocycles. The van der Waals surface area contributed by atoms with E-state index < -0.39 is 5.82 Å². The molecule has 11 heteroatoms. The molecule has 198 valence electrons. The van der Waals surface area contributed by atoms with E-state index in [-0.39, 0.29) is 18.9 Å². The molecular formula is C26H34FN7O3. The summed E-state index contributed by atoms with van der Waals surface area (Å²) in [4.78, 5) is 23.1. The number of aliphatic hydroxyl groups excluding tert-OH is 1. The molecule has 1 amide bonds. The van der Waals surface area contributed by atoms with Gasteiger partial charge in [0.25, 0.3) is 0 Å². The van der Waals surface area contributed by atoms with Gasteiger partial charge in [-0.3, -0.25) is 10.6 Å². The van der Waals surface area contributed by atoms with E-state index in [1.54, 1.807) is 12.1 Å². The number of nitrogens with two attached hydrogens (primary N) is 1. The molecule has 0 aliphatic rings. The van der Waals surface area contributed by atoms with Gasteiger partial charge in [-0.15, -0.1) is 0 Å². The summed E-state index contributed by atoms with van der Waals surface area (Å²) in [6, 6.07) is 11.3. The molecule has 0 saturated carbocycles. The number of rotatable bonds is 15. The third kappa shape index (κ3) is 8.98. The number of hydrogen-bond donors (Lipinski definition) is 5. The van der Waals surface area contributed by atoms with Crippen LogP contribution in [0, 0.1) is 5.82 Å². The number of benzene rings is 2. The number of likely N-dealkylation sites (N-methyl/N-ethyl adjacent to an activating group) is 1. The number of anilines is 2. The van der Waals surface area contributed by atoms with E-state index in [0.29, 0.717) is 36.9 Å². The quantitative estimate of drug-likeness (QED) is 0.118. The molecule has 0 unspecified atom stereocenters. The molecule has 0 spiro atoms. The largest absolute Gasteiger partial charge is 0.493 e. The van der Waals surface area contributed by atoms with E-state index in [1.165, 1.54) is 24.5 Å². The van der Waals surface area contributed by atoms with Crippen LogP contribution < -0.4 is 26.6 Å². The minimum absolute atomic E-state index is 0.00404. The first-order chi connectivity index (χ1) is 18.0. The summed E-state index contributed by atoms with van der Waals surface area (Å²) < 4.78 is 19.2. The van der Waals surface area contributed by atoms with Crippen molar-refractivity contribution in [2.75, 3.05) is 50.0 Å². The van der Waals surface area contributed by atoms with E-state index in [2.05, 4.69) is 37.9 Å². The van der Waals surface area contributed by atoms with Gasteiger partial charge in [-0.05, 0) is 49.4 Å². The highest BCUT2D eigenvalue weighted by atomic mass is 19.1. The molecule has 37 heavy (non-hydrogen) atoms. The van der Waals surface area contributed by atoms with Gasteiger partial charge in [0, 0.05) is 42.5 Å². The number of halogens is 1. The van der Waals surface area contributed by atoms with Crippen LogP contribution in [0.5, 0.6) is 5.75 Å². The van der Waals surface area contributed by atoms with Crippen molar-refractivity contribution >= 4 is 28.3 Å². The maximum Gasteiger partial charge on any atom is 0.230 e. The van der Waals surface area contributed by atoms with Gasteiger partial charge < -0.3 is 30.8 Å². The third-order valence-electron chi connectivity index (χ3n) is 5.62. The minimum atomic E-state index is -0.428. The number of hydrazine groups is 1. The number of carbonyl (C=O) groups excluding carboxylic acids is 1. The van der Waals surface area contributed by atoms with Gasteiger partial charge in [0.15, 0.2) is 0 Å². The van der Waals surface area contributed by atoms with Gasteiger partial charge in [-0.25, -0.2) is 14.4 Å². The molecule has 3 aromatic rings. The van der Waals surface area contributed by atoms with Gasteiger partial charge in [0.05, 0.1) is 25.2 Å². The van der Waals surface area contributed by atoms with Crippen molar-refractivity contribution in [3.63, 3.8) is 0 Å². The molecule has 0 atom stereocenters. The third-order valence-corrected chi connectivity index (χ3v) is 5.62. The zero-order valence-corrected chi connectivity index (χ0v) is 20.9. The van der Waals surface area contributed by atoms with Gasteiger partial charge in [-0.1, -0.05) is 13.0 Å². The molecule has 2 aromatic carbocycles. The Morgan fingerprint density at radius 1 is 1.22 bits per heavy atom. The predicted octanol–water partition coefficient (Wildman–Crippen LogP) is 2.64. The summed E-state index contributed by atoms with van der Waals surface area (Å²) in [6.07, 6.45) is 4.07. The molecule has 0 aliphatic heterocycles. The molecule has 0 radical (unpaired) electrons. The maximum absolute atomic E-state index is 13.3. The van der Waals surface area contributed by atoms with Crippen LogP contribution in [0.15, 0.2) is 60.6 Å². The summed E-state index contributed by atoms with van der Waals surface area (Å²) in [6.45, 7) is 5.57. The number of carbonyl (C=O) groups is 1. The van der Waals surface area contributed by atoms with Crippen LogP contribution >= 0.6 is 0 Å². The fourth-order valence-electron chi connectivity index (χ4n) is 3.71. The standard InChI is InChI=1S/C26H34FN7O3/c1-2-34(12-13-35)11-4-14-37-22-7-8-23-24(17-22)30-18-31-26(23)29-10-9-21(33-28)16-25(36)32-20-6-3-5-19(27)15-20/h3,5-9,15,17-18,33,35H,2,4,10-14,16,28H2,1H3,(H,32,36)(H,29,30,31)/b21-9-. The first kappa shape index (κ1) is 27.8. The SMILES string of the molecule is CCN(CCO)CCCOc1ccc2c(NC/C=C(/CC(=O)Nc3cccc(F)c3)NN)ncnc2c1. The topological polar surface area (TPSA) is 138 Å². The lowest BCUT2D eigenvalue weighted by Gasteiger charge is -2.18. The molecular weight excluding hydrogens is 477 g/mol. The number of amides is 1. The van der Waals surface area contributed by atoms with Gasteiger partial charge in [0.1, 0.15) is 23.7 Å². The number of aromatic nitrogens is 2. The lowest BCUT2D eigenvalue weighted by molar-refractivity contribution is -0.115. The second kappa shape index (κ2) is 14.7. The Morgan fingerprint density at radius 3 is 2.84 bits per heavy atom. The highest BCUT2D eigenvalue weighted by Crippen LogP contribution is 2.24. The van der Waals surface area contributed by atoms with Gasteiger partial charge in [-0.2, -0.15) is 0 Å². The fraction of sp³-hybridized carbons (Fsp3) is 0.346. The fourth-order valence-corrected chi connectivity index (χ4v) is 3.71. The first-order valence-electron chi connectivity index (χ1n) is 12.2. The van der Waals surface area contributed by atoms with Crippen LogP contribution in [0.3, 0.4) is 0 Å². The van der Waals surface area contributed by atoms with Gasteiger partial charge >= 0.3 is 0 Å². The van der Waals surface area contributed by atoms with Crippen LogP contribution in [0.25, 0.3) is 10.9 Å². The zero-order chi connectivity index (χ0) is 26.5.